The fraction of sp³-hybridized carbons (Fsp3) is 0.400. The molecule has 3 aromatic rings. The van der Waals surface area contributed by atoms with Gasteiger partial charge in [0.25, 0.3) is 5.91 Å². The van der Waals surface area contributed by atoms with Gasteiger partial charge in [-0.15, -0.1) is 0 Å². The Labute approximate surface area is 153 Å². The number of fused-ring (bicyclic) bond motifs is 1. The molecule has 138 valence electrons. The zero-order valence-electron chi connectivity index (χ0n) is 15.9. The van der Waals surface area contributed by atoms with Crippen molar-refractivity contribution < 1.29 is 9.21 Å². The highest BCUT2D eigenvalue weighted by Crippen LogP contribution is 2.28. The Morgan fingerprint density at radius 1 is 1.27 bits per heavy atom. The highest BCUT2D eigenvalue weighted by atomic mass is 16.3. The zero-order chi connectivity index (χ0) is 18.7. The van der Waals surface area contributed by atoms with E-state index in [1.54, 1.807) is 6.20 Å². The quantitative estimate of drug-likeness (QED) is 0.700. The lowest BCUT2D eigenvalue weighted by Crippen LogP contribution is -2.27. The van der Waals surface area contributed by atoms with Gasteiger partial charge >= 0.3 is 0 Å². The van der Waals surface area contributed by atoms with Gasteiger partial charge in [0.2, 0.25) is 0 Å². The molecule has 1 aromatic carbocycles. The van der Waals surface area contributed by atoms with Gasteiger partial charge in [-0.05, 0) is 32.5 Å². The number of aryl methyl sites for hydroxylation is 2. The van der Waals surface area contributed by atoms with Gasteiger partial charge in [-0.1, -0.05) is 32.0 Å². The summed E-state index contributed by atoms with van der Waals surface area (Å²) in [5.74, 6) is 0.103. The van der Waals surface area contributed by atoms with Gasteiger partial charge in [-0.25, -0.2) is 0 Å². The monoisotopic (exact) mass is 354 g/mol. The first-order chi connectivity index (χ1) is 12.5. The van der Waals surface area contributed by atoms with Crippen molar-refractivity contribution in [3.8, 4) is 0 Å². The van der Waals surface area contributed by atoms with Crippen LogP contribution >= 0.6 is 0 Å². The zero-order valence-corrected chi connectivity index (χ0v) is 15.9. The van der Waals surface area contributed by atoms with Crippen LogP contribution in [-0.4, -0.2) is 40.2 Å². The number of carbonyl (C=O) groups is 1. The first-order valence-electron chi connectivity index (χ1n) is 9.08. The van der Waals surface area contributed by atoms with E-state index >= 15 is 0 Å². The van der Waals surface area contributed by atoms with Crippen LogP contribution in [0.1, 0.15) is 35.5 Å². The Balaban J connectivity index is 1.71. The number of hydrogen-bond donors (Lipinski definition) is 1. The second kappa shape index (κ2) is 7.74. The lowest BCUT2D eigenvalue weighted by molar-refractivity contribution is 0.0998. The molecule has 0 aliphatic carbocycles. The van der Waals surface area contributed by atoms with E-state index in [2.05, 4.69) is 29.2 Å². The van der Waals surface area contributed by atoms with Crippen molar-refractivity contribution in [2.75, 3.05) is 25.0 Å². The van der Waals surface area contributed by atoms with Crippen LogP contribution in [0, 0.1) is 13.8 Å². The molecule has 26 heavy (non-hydrogen) atoms. The summed E-state index contributed by atoms with van der Waals surface area (Å²) in [5.41, 5.74) is 3.32. The lowest BCUT2D eigenvalue weighted by Gasteiger charge is -2.17. The SMILES string of the molecule is CCN(CC)CCn1cc(NC(=O)c2oc3c(C)cccc3c2C)cn1. The van der Waals surface area contributed by atoms with Crippen LogP contribution in [0.2, 0.25) is 0 Å². The second-order valence-electron chi connectivity index (χ2n) is 6.48. The maximum absolute atomic E-state index is 12.6. The number of likely N-dealkylation sites (N-methyl/N-ethyl adjacent to an activating group) is 1. The smallest absolute Gasteiger partial charge is 0.291 e. The molecule has 0 bridgehead atoms. The molecule has 0 saturated heterocycles. The molecule has 0 spiro atoms. The highest BCUT2D eigenvalue weighted by Gasteiger charge is 2.19. The minimum absolute atomic E-state index is 0.249. The minimum Gasteiger partial charge on any atom is -0.450 e. The molecule has 3 rings (SSSR count). The number of carbonyl (C=O) groups excluding carboxylic acids is 1. The number of para-hydroxylation sites is 1. The molecule has 0 aliphatic rings. The number of benzene rings is 1. The molecule has 0 fully saturated rings. The summed E-state index contributed by atoms with van der Waals surface area (Å²) < 4.78 is 7.68. The number of hydrogen-bond acceptors (Lipinski definition) is 4. The van der Waals surface area contributed by atoms with Gasteiger partial charge in [0.1, 0.15) is 5.58 Å². The Hall–Kier alpha value is -2.60. The molecule has 0 atom stereocenters. The summed E-state index contributed by atoms with van der Waals surface area (Å²) in [6.45, 7) is 12.0. The molecule has 6 nitrogen and oxygen atoms in total. The molecule has 0 saturated carbocycles. The average molecular weight is 354 g/mol. The van der Waals surface area contributed by atoms with Crippen molar-refractivity contribution >= 4 is 22.6 Å². The normalized spacial score (nSPS) is 11.4. The fourth-order valence-electron chi connectivity index (χ4n) is 3.12. The van der Waals surface area contributed by atoms with Crippen LogP contribution in [0.5, 0.6) is 0 Å². The number of nitrogens with one attached hydrogen (secondary N) is 1. The molecular weight excluding hydrogens is 328 g/mol. The maximum Gasteiger partial charge on any atom is 0.291 e. The van der Waals surface area contributed by atoms with Gasteiger partial charge in [0, 0.05) is 23.7 Å². The third-order valence-corrected chi connectivity index (χ3v) is 4.80. The van der Waals surface area contributed by atoms with Crippen molar-refractivity contribution in [3.05, 3.63) is 47.5 Å². The van der Waals surface area contributed by atoms with Crippen molar-refractivity contribution in [2.45, 2.75) is 34.2 Å². The summed E-state index contributed by atoms with van der Waals surface area (Å²) in [6.07, 6.45) is 3.52. The van der Waals surface area contributed by atoms with Crippen molar-refractivity contribution in [1.29, 1.82) is 0 Å². The summed E-state index contributed by atoms with van der Waals surface area (Å²) >= 11 is 0. The van der Waals surface area contributed by atoms with Gasteiger partial charge in [0.05, 0.1) is 18.4 Å². The summed E-state index contributed by atoms with van der Waals surface area (Å²) in [6, 6.07) is 5.93. The van der Waals surface area contributed by atoms with E-state index in [1.165, 1.54) is 0 Å². The van der Waals surface area contributed by atoms with Crippen LogP contribution in [0.3, 0.4) is 0 Å². The minimum atomic E-state index is -0.249. The Morgan fingerprint density at radius 3 is 2.73 bits per heavy atom. The predicted molar refractivity (Wildman–Crippen MR) is 104 cm³/mol. The molecule has 0 unspecified atom stereocenters. The number of furan rings is 1. The number of anilines is 1. The third-order valence-electron chi connectivity index (χ3n) is 4.80. The van der Waals surface area contributed by atoms with Crippen LogP contribution in [-0.2, 0) is 6.54 Å². The van der Waals surface area contributed by atoms with Crippen LogP contribution in [0.25, 0.3) is 11.0 Å². The van der Waals surface area contributed by atoms with E-state index in [4.69, 9.17) is 4.42 Å². The topological polar surface area (TPSA) is 63.3 Å². The second-order valence-corrected chi connectivity index (χ2v) is 6.48. The van der Waals surface area contributed by atoms with E-state index in [-0.39, 0.29) is 5.91 Å². The first kappa shape index (κ1) is 18.2. The summed E-state index contributed by atoms with van der Waals surface area (Å²) in [7, 11) is 0. The number of aromatic nitrogens is 2. The van der Waals surface area contributed by atoms with Crippen molar-refractivity contribution in [1.82, 2.24) is 14.7 Å². The molecular formula is C20H26N4O2. The standard InChI is InChI=1S/C20H26N4O2/c1-5-23(6-2)10-11-24-13-16(12-21-24)22-20(25)19-15(4)17-9-7-8-14(3)18(17)26-19/h7-9,12-13H,5-6,10-11H2,1-4H3,(H,22,25). The Morgan fingerprint density at radius 2 is 2.04 bits per heavy atom. The Bertz CT molecular complexity index is 906. The number of rotatable bonds is 7. The lowest BCUT2D eigenvalue weighted by atomic mass is 10.1. The molecule has 2 heterocycles. The molecule has 1 amide bonds. The van der Waals surface area contributed by atoms with Crippen LogP contribution in [0.4, 0.5) is 5.69 Å². The van der Waals surface area contributed by atoms with Crippen molar-refractivity contribution in [3.63, 3.8) is 0 Å². The van der Waals surface area contributed by atoms with E-state index in [1.807, 2.05) is 42.9 Å². The molecule has 2 aromatic heterocycles. The molecule has 0 radical (unpaired) electrons. The van der Waals surface area contributed by atoms with Gasteiger partial charge < -0.3 is 14.6 Å². The van der Waals surface area contributed by atoms with E-state index < -0.39 is 0 Å². The summed E-state index contributed by atoms with van der Waals surface area (Å²) in [5, 5.41) is 8.19. The van der Waals surface area contributed by atoms with Gasteiger partial charge in [0.15, 0.2) is 5.76 Å². The number of nitrogens with zero attached hydrogens (tertiary/aromatic N) is 3. The van der Waals surface area contributed by atoms with E-state index in [0.29, 0.717) is 11.4 Å². The molecule has 1 N–H and O–H groups in total. The predicted octanol–water partition coefficient (Wildman–Crippen LogP) is 3.84. The van der Waals surface area contributed by atoms with E-state index in [0.717, 1.165) is 48.3 Å². The van der Waals surface area contributed by atoms with Crippen molar-refractivity contribution in [2.24, 2.45) is 0 Å². The number of amides is 1. The van der Waals surface area contributed by atoms with Gasteiger partial charge in [-0.3, -0.25) is 9.48 Å². The van der Waals surface area contributed by atoms with Crippen LogP contribution in [0.15, 0.2) is 35.0 Å². The molecule has 6 heteroatoms. The third kappa shape index (κ3) is 3.65. The first-order valence-corrected chi connectivity index (χ1v) is 9.08. The molecule has 0 aliphatic heterocycles. The fourth-order valence-corrected chi connectivity index (χ4v) is 3.12. The van der Waals surface area contributed by atoms with Gasteiger partial charge in [-0.2, -0.15) is 5.10 Å². The average Bonchev–Trinajstić information content (AvgIpc) is 3.21. The maximum atomic E-state index is 12.6. The summed E-state index contributed by atoms with van der Waals surface area (Å²) in [4.78, 5) is 15.0. The largest absolute Gasteiger partial charge is 0.450 e. The van der Waals surface area contributed by atoms with Crippen LogP contribution < -0.4 is 5.32 Å². The Kier molecular flexibility index (Phi) is 5.42. The van der Waals surface area contributed by atoms with E-state index in [9.17, 15) is 4.79 Å². The highest BCUT2D eigenvalue weighted by molar-refractivity contribution is 6.06.